The van der Waals surface area contributed by atoms with Gasteiger partial charge in [0.2, 0.25) is 0 Å². The lowest BCUT2D eigenvalue weighted by Gasteiger charge is -2.28. The van der Waals surface area contributed by atoms with E-state index in [4.69, 9.17) is 11.2 Å². The third-order valence-corrected chi connectivity index (χ3v) is 3.97. The van der Waals surface area contributed by atoms with Crippen molar-refractivity contribution in [2.75, 3.05) is 18.1 Å². The summed E-state index contributed by atoms with van der Waals surface area (Å²) in [6.07, 6.45) is 0.875. The average molecular weight is 381 g/mol. The minimum absolute atomic E-state index is 0.0230. The van der Waals surface area contributed by atoms with E-state index in [-0.39, 0.29) is 30.2 Å². The maximum Gasteiger partial charge on any atom is 0.433 e. The molecule has 0 N–H and O–H groups in total. The van der Waals surface area contributed by atoms with Gasteiger partial charge in [0.1, 0.15) is 23.0 Å². The van der Waals surface area contributed by atoms with Crippen LogP contribution in [0.15, 0.2) is 23.1 Å². The number of fused-ring (bicyclic) bond motifs is 1. The van der Waals surface area contributed by atoms with Gasteiger partial charge in [0.25, 0.3) is 11.5 Å². The maximum atomic E-state index is 14.5. The molecule has 1 amide bonds. The smallest absolute Gasteiger partial charge is 0.433 e. The Morgan fingerprint density at radius 2 is 2.04 bits per heavy atom. The molecule has 0 unspecified atom stereocenters. The predicted octanol–water partition coefficient (Wildman–Crippen LogP) is 1.96. The summed E-state index contributed by atoms with van der Waals surface area (Å²) in [5.41, 5.74) is -3.23. The van der Waals surface area contributed by atoms with Crippen molar-refractivity contribution in [1.82, 2.24) is 9.55 Å². The molecule has 0 fully saturated rings. The summed E-state index contributed by atoms with van der Waals surface area (Å²) in [6, 6.07) is 2.04. The van der Waals surface area contributed by atoms with Gasteiger partial charge >= 0.3 is 6.18 Å². The Hall–Kier alpha value is -3.35. The molecule has 2 aromatic rings. The molecule has 1 aromatic heterocycles. The summed E-state index contributed by atoms with van der Waals surface area (Å²) in [5.74, 6) is 0.882. The Balaban J connectivity index is 2.20. The number of terminal acetylenes is 1. The van der Waals surface area contributed by atoms with Gasteiger partial charge in [-0.25, -0.2) is 9.37 Å². The van der Waals surface area contributed by atoms with Crippen molar-refractivity contribution in [2.45, 2.75) is 6.18 Å². The number of hydrogen-bond donors (Lipinski definition) is 0. The zero-order valence-electron chi connectivity index (χ0n) is 13.8. The number of carbonyl (C=O) groups is 1. The lowest BCUT2D eigenvalue weighted by Crippen LogP contribution is -2.39. The van der Waals surface area contributed by atoms with Crippen molar-refractivity contribution in [1.29, 1.82) is 0 Å². The number of hydrogen-bond acceptors (Lipinski definition) is 4. The minimum atomic E-state index is -4.79. The highest BCUT2D eigenvalue weighted by molar-refractivity contribution is 5.99. The second-order valence-corrected chi connectivity index (χ2v) is 5.63. The highest BCUT2D eigenvalue weighted by atomic mass is 19.4. The van der Waals surface area contributed by atoms with E-state index >= 15 is 0 Å². The summed E-state index contributed by atoms with van der Waals surface area (Å²) in [5, 5.41) is 0. The SMILES string of the molecule is C#CCN1C(=O)COc2cc(F)c(-c3ncc(C(F)(F)F)n(C)c3=O)cc21. The van der Waals surface area contributed by atoms with Crippen molar-refractivity contribution in [2.24, 2.45) is 7.05 Å². The molecule has 0 aliphatic carbocycles. The van der Waals surface area contributed by atoms with Gasteiger partial charge in [-0.3, -0.25) is 14.5 Å². The lowest BCUT2D eigenvalue weighted by atomic mass is 10.1. The normalized spacial score (nSPS) is 13.8. The number of carbonyl (C=O) groups excluding carboxylic acids is 1. The van der Waals surface area contributed by atoms with Gasteiger partial charge < -0.3 is 9.30 Å². The van der Waals surface area contributed by atoms with Crippen LogP contribution in [-0.2, 0) is 18.0 Å². The van der Waals surface area contributed by atoms with E-state index in [1.807, 2.05) is 0 Å². The summed E-state index contributed by atoms with van der Waals surface area (Å²) < 4.78 is 58.6. The molecule has 2 heterocycles. The van der Waals surface area contributed by atoms with Crippen LogP contribution in [0.5, 0.6) is 5.75 Å². The molecule has 1 aliphatic heterocycles. The van der Waals surface area contributed by atoms with Crippen molar-refractivity contribution < 1.29 is 27.1 Å². The number of nitrogens with zero attached hydrogens (tertiary/aromatic N) is 3. The summed E-state index contributed by atoms with van der Waals surface area (Å²) in [4.78, 5) is 28.9. The van der Waals surface area contributed by atoms with Crippen molar-refractivity contribution in [3.63, 3.8) is 0 Å². The number of benzene rings is 1. The summed E-state index contributed by atoms with van der Waals surface area (Å²) in [7, 11) is 0.907. The quantitative estimate of drug-likeness (QED) is 0.589. The second-order valence-electron chi connectivity index (χ2n) is 5.63. The zero-order chi connectivity index (χ0) is 19.9. The molecule has 27 heavy (non-hydrogen) atoms. The fourth-order valence-electron chi connectivity index (χ4n) is 2.65. The number of rotatable bonds is 2. The standard InChI is InChI=1S/C17H11F4N3O3/c1-3-4-24-11-5-9(10(18)6-12(11)27-8-14(24)25)15-16(26)23(2)13(7-22-15)17(19,20)21/h1,5-7H,4,8H2,2H3. The maximum absolute atomic E-state index is 14.5. The van der Waals surface area contributed by atoms with Crippen LogP contribution in [0.25, 0.3) is 11.3 Å². The van der Waals surface area contributed by atoms with Crippen LogP contribution in [0.1, 0.15) is 5.69 Å². The number of halogens is 4. The van der Waals surface area contributed by atoms with E-state index in [1.165, 1.54) is 0 Å². The van der Waals surface area contributed by atoms with E-state index in [1.54, 1.807) is 0 Å². The van der Waals surface area contributed by atoms with Gasteiger partial charge in [-0.15, -0.1) is 6.42 Å². The Morgan fingerprint density at radius 3 is 2.67 bits per heavy atom. The number of ether oxygens (including phenoxy) is 1. The molecule has 10 heteroatoms. The zero-order valence-corrected chi connectivity index (χ0v) is 13.8. The third kappa shape index (κ3) is 3.12. The number of alkyl halides is 3. The topological polar surface area (TPSA) is 64.4 Å². The molecular weight excluding hydrogens is 370 g/mol. The Kier molecular flexibility index (Phi) is 4.39. The highest BCUT2D eigenvalue weighted by Gasteiger charge is 2.35. The summed E-state index contributed by atoms with van der Waals surface area (Å²) >= 11 is 0. The Labute approximate surface area is 150 Å². The van der Waals surface area contributed by atoms with Crippen LogP contribution in [0.3, 0.4) is 0 Å². The molecule has 1 aromatic carbocycles. The molecule has 0 bridgehead atoms. The molecule has 6 nitrogen and oxygen atoms in total. The van der Waals surface area contributed by atoms with E-state index in [0.29, 0.717) is 10.8 Å². The van der Waals surface area contributed by atoms with Gasteiger partial charge in [0.05, 0.1) is 18.4 Å². The number of aromatic nitrogens is 2. The van der Waals surface area contributed by atoms with Gasteiger partial charge in [0.15, 0.2) is 6.61 Å². The monoisotopic (exact) mass is 381 g/mol. The van der Waals surface area contributed by atoms with Crippen LogP contribution in [0.4, 0.5) is 23.2 Å². The average Bonchev–Trinajstić information content (AvgIpc) is 2.59. The predicted molar refractivity (Wildman–Crippen MR) is 86.6 cm³/mol. The van der Waals surface area contributed by atoms with Crippen molar-refractivity contribution in [3.8, 4) is 29.4 Å². The number of anilines is 1. The van der Waals surface area contributed by atoms with Gasteiger partial charge in [-0.2, -0.15) is 13.2 Å². The van der Waals surface area contributed by atoms with E-state index in [2.05, 4.69) is 10.9 Å². The van der Waals surface area contributed by atoms with Crippen LogP contribution in [-0.4, -0.2) is 28.6 Å². The van der Waals surface area contributed by atoms with Crippen LogP contribution in [0.2, 0.25) is 0 Å². The fourth-order valence-corrected chi connectivity index (χ4v) is 2.65. The molecular formula is C17H11F4N3O3. The van der Waals surface area contributed by atoms with Gasteiger partial charge in [-0.1, -0.05) is 5.92 Å². The first-order chi connectivity index (χ1) is 12.6. The molecule has 0 spiro atoms. The molecule has 0 atom stereocenters. The van der Waals surface area contributed by atoms with E-state index in [9.17, 15) is 27.2 Å². The van der Waals surface area contributed by atoms with Crippen LogP contribution < -0.4 is 15.2 Å². The van der Waals surface area contributed by atoms with Crippen molar-refractivity contribution >= 4 is 11.6 Å². The highest BCUT2D eigenvalue weighted by Crippen LogP contribution is 2.37. The lowest BCUT2D eigenvalue weighted by molar-refractivity contribution is -0.144. The molecule has 0 saturated heterocycles. The Morgan fingerprint density at radius 1 is 1.33 bits per heavy atom. The first-order valence-corrected chi connectivity index (χ1v) is 7.49. The van der Waals surface area contributed by atoms with Crippen LogP contribution >= 0.6 is 0 Å². The minimum Gasteiger partial charge on any atom is -0.481 e. The van der Waals surface area contributed by atoms with Gasteiger partial charge in [0, 0.05) is 18.7 Å². The van der Waals surface area contributed by atoms with E-state index in [0.717, 1.165) is 24.1 Å². The fraction of sp³-hybridized carbons (Fsp3) is 0.235. The second kappa shape index (κ2) is 6.42. The molecule has 3 rings (SSSR count). The van der Waals surface area contributed by atoms with Crippen LogP contribution in [0, 0.1) is 18.2 Å². The third-order valence-electron chi connectivity index (χ3n) is 3.97. The Bertz CT molecular complexity index is 1040. The largest absolute Gasteiger partial charge is 0.481 e. The molecule has 1 aliphatic rings. The first kappa shape index (κ1) is 18.4. The molecule has 0 radical (unpaired) electrons. The van der Waals surface area contributed by atoms with Crippen molar-refractivity contribution in [3.05, 3.63) is 40.2 Å². The van der Waals surface area contributed by atoms with Gasteiger partial charge in [-0.05, 0) is 6.07 Å². The molecule has 140 valence electrons. The first-order valence-electron chi connectivity index (χ1n) is 7.49. The van der Waals surface area contributed by atoms with E-state index < -0.39 is 34.8 Å². The molecule has 0 saturated carbocycles. The summed E-state index contributed by atoms with van der Waals surface area (Å²) in [6.45, 7) is -0.466. The number of amides is 1.